The number of hydrogen-bond acceptors (Lipinski definition) is 3. The monoisotopic (exact) mass is 343 g/mol. The van der Waals surface area contributed by atoms with Crippen molar-refractivity contribution in [1.82, 2.24) is 10.6 Å². The van der Waals surface area contributed by atoms with E-state index in [4.69, 9.17) is 0 Å². The smallest absolute Gasteiger partial charge is 0.405 e. The Morgan fingerprint density at radius 2 is 1.91 bits per heavy atom. The quantitative estimate of drug-likeness (QED) is 0.645. The van der Waals surface area contributed by atoms with Crippen molar-refractivity contribution in [2.75, 3.05) is 7.05 Å². The second-order valence-corrected chi connectivity index (χ2v) is 5.35. The first-order chi connectivity index (χ1) is 11.0. The van der Waals surface area contributed by atoms with Gasteiger partial charge >= 0.3 is 6.36 Å². The molecule has 2 aromatic rings. The Labute approximate surface area is 136 Å². The fraction of sp³-hybridized carbons (Fsp3) is 0.267. The lowest BCUT2D eigenvalue weighted by Gasteiger charge is -2.15. The van der Waals surface area contributed by atoms with Gasteiger partial charge in [0.05, 0.1) is 0 Å². The largest absolute Gasteiger partial charge is 0.573 e. The topological polar surface area (TPSA) is 45.7 Å². The highest BCUT2D eigenvalue weighted by Crippen LogP contribution is 2.25. The van der Waals surface area contributed by atoms with Crippen LogP contribution in [0.25, 0.3) is 0 Å². The van der Waals surface area contributed by atoms with Gasteiger partial charge in [-0.3, -0.25) is 4.99 Å². The van der Waals surface area contributed by atoms with Crippen LogP contribution in [0.1, 0.15) is 11.1 Å². The van der Waals surface area contributed by atoms with Crippen LogP contribution in [0.15, 0.2) is 46.1 Å². The van der Waals surface area contributed by atoms with E-state index in [1.54, 1.807) is 30.5 Å². The molecule has 0 aliphatic rings. The Morgan fingerprint density at radius 3 is 2.57 bits per heavy atom. The van der Waals surface area contributed by atoms with Crippen molar-refractivity contribution in [2.24, 2.45) is 4.99 Å². The summed E-state index contributed by atoms with van der Waals surface area (Å²) < 4.78 is 41.2. The van der Waals surface area contributed by atoms with Gasteiger partial charge in [0.1, 0.15) is 5.75 Å². The molecule has 0 radical (unpaired) electrons. The van der Waals surface area contributed by atoms with E-state index in [0.29, 0.717) is 18.1 Å². The number of benzene rings is 1. The van der Waals surface area contributed by atoms with Crippen LogP contribution in [0.5, 0.6) is 5.75 Å². The molecule has 0 bridgehead atoms. The lowest BCUT2D eigenvalue weighted by Crippen LogP contribution is -2.36. The molecule has 0 aliphatic carbocycles. The minimum absolute atomic E-state index is 0.162. The molecule has 8 heteroatoms. The number of thiophene rings is 1. The Hall–Kier alpha value is -2.22. The Balaban J connectivity index is 1.93. The first-order valence-electron chi connectivity index (χ1n) is 6.77. The number of hydrogen-bond donors (Lipinski definition) is 2. The molecule has 1 heterocycles. The SMILES string of the molecule is CN=C(NCc1ccsc1)NCc1ccccc1OC(F)(F)F. The third-order valence-electron chi connectivity index (χ3n) is 2.91. The molecule has 2 N–H and O–H groups in total. The van der Waals surface area contributed by atoms with Crippen molar-refractivity contribution in [2.45, 2.75) is 19.5 Å². The van der Waals surface area contributed by atoms with Gasteiger partial charge in [-0.1, -0.05) is 18.2 Å². The van der Waals surface area contributed by atoms with E-state index in [9.17, 15) is 13.2 Å². The average Bonchev–Trinajstić information content (AvgIpc) is 3.01. The molecule has 0 saturated carbocycles. The number of ether oxygens (including phenoxy) is 1. The van der Waals surface area contributed by atoms with Crippen molar-refractivity contribution < 1.29 is 17.9 Å². The van der Waals surface area contributed by atoms with Crippen molar-refractivity contribution in [1.29, 1.82) is 0 Å². The fourth-order valence-electron chi connectivity index (χ4n) is 1.85. The lowest BCUT2D eigenvalue weighted by atomic mass is 10.2. The number of alkyl halides is 3. The summed E-state index contributed by atoms with van der Waals surface area (Å²) in [6.07, 6.45) is -4.71. The molecule has 0 aliphatic heterocycles. The summed E-state index contributed by atoms with van der Waals surface area (Å²) in [5.74, 6) is 0.277. The maximum Gasteiger partial charge on any atom is 0.573 e. The van der Waals surface area contributed by atoms with E-state index in [1.165, 1.54) is 12.1 Å². The molecule has 124 valence electrons. The summed E-state index contributed by atoms with van der Waals surface area (Å²) in [5, 5.41) is 10.0. The van der Waals surface area contributed by atoms with E-state index >= 15 is 0 Å². The molecule has 1 aromatic heterocycles. The van der Waals surface area contributed by atoms with Gasteiger partial charge in [0.15, 0.2) is 5.96 Å². The minimum atomic E-state index is -4.71. The summed E-state index contributed by atoms with van der Waals surface area (Å²) in [5.41, 5.74) is 1.50. The number of halogens is 3. The number of guanidine groups is 1. The van der Waals surface area contributed by atoms with Crippen molar-refractivity contribution in [3.63, 3.8) is 0 Å². The first-order valence-corrected chi connectivity index (χ1v) is 7.71. The fourth-order valence-corrected chi connectivity index (χ4v) is 2.52. The lowest BCUT2D eigenvalue weighted by molar-refractivity contribution is -0.274. The van der Waals surface area contributed by atoms with Crippen LogP contribution in [0.3, 0.4) is 0 Å². The molecule has 4 nitrogen and oxygen atoms in total. The zero-order chi connectivity index (χ0) is 16.7. The van der Waals surface area contributed by atoms with Gasteiger partial charge < -0.3 is 15.4 Å². The van der Waals surface area contributed by atoms with E-state index in [-0.39, 0.29) is 12.3 Å². The molecule has 23 heavy (non-hydrogen) atoms. The Kier molecular flexibility index (Phi) is 5.86. The zero-order valence-corrected chi connectivity index (χ0v) is 13.2. The second kappa shape index (κ2) is 7.87. The number of nitrogens with one attached hydrogen (secondary N) is 2. The van der Waals surface area contributed by atoms with Crippen molar-refractivity contribution >= 4 is 17.3 Å². The maximum absolute atomic E-state index is 12.4. The summed E-state index contributed by atoms with van der Waals surface area (Å²) in [7, 11) is 1.60. The van der Waals surface area contributed by atoms with Crippen molar-refractivity contribution in [3.05, 3.63) is 52.2 Å². The van der Waals surface area contributed by atoms with Crippen LogP contribution in [-0.2, 0) is 13.1 Å². The first kappa shape index (κ1) is 17.1. The van der Waals surface area contributed by atoms with Gasteiger partial charge in [-0.25, -0.2) is 0 Å². The molecule has 0 unspecified atom stereocenters. The van der Waals surface area contributed by atoms with E-state index in [2.05, 4.69) is 20.4 Å². The molecule has 2 rings (SSSR count). The third kappa shape index (κ3) is 5.82. The molecule has 0 fully saturated rings. The maximum atomic E-state index is 12.4. The van der Waals surface area contributed by atoms with Crippen LogP contribution in [0, 0.1) is 0 Å². The third-order valence-corrected chi connectivity index (χ3v) is 3.64. The van der Waals surface area contributed by atoms with Crippen molar-refractivity contribution in [3.8, 4) is 5.75 Å². The molecule has 1 aromatic carbocycles. The summed E-state index contributed by atoms with van der Waals surface area (Å²) in [6, 6.07) is 7.99. The predicted octanol–water partition coefficient (Wildman–Crippen LogP) is 3.51. The highest BCUT2D eigenvalue weighted by atomic mass is 32.1. The molecule has 0 spiro atoms. The van der Waals surface area contributed by atoms with Crippen LogP contribution in [-0.4, -0.2) is 19.4 Å². The number of rotatable bonds is 5. The molecule has 0 atom stereocenters. The molecular formula is C15H16F3N3OS. The van der Waals surface area contributed by atoms with Crippen LogP contribution >= 0.6 is 11.3 Å². The highest BCUT2D eigenvalue weighted by molar-refractivity contribution is 7.07. The summed E-state index contributed by atoms with van der Waals surface area (Å²) in [6.45, 7) is 0.749. The van der Waals surface area contributed by atoms with Gasteiger partial charge in [-0.05, 0) is 28.5 Å². The second-order valence-electron chi connectivity index (χ2n) is 4.57. The van der Waals surface area contributed by atoms with E-state index in [0.717, 1.165) is 5.56 Å². The van der Waals surface area contributed by atoms with Gasteiger partial charge in [0.25, 0.3) is 0 Å². The number of aliphatic imine (C=N–C) groups is 1. The van der Waals surface area contributed by atoms with Crippen LogP contribution < -0.4 is 15.4 Å². The van der Waals surface area contributed by atoms with Crippen LogP contribution in [0.4, 0.5) is 13.2 Å². The summed E-state index contributed by atoms with van der Waals surface area (Å²) in [4.78, 5) is 4.04. The predicted molar refractivity (Wildman–Crippen MR) is 84.5 cm³/mol. The van der Waals surface area contributed by atoms with Gasteiger partial charge in [0.2, 0.25) is 0 Å². The van der Waals surface area contributed by atoms with E-state index < -0.39 is 6.36 Å². The number of para-hydroxylation sites is 1. The Bertz CT molecular complexity index is 642. The molecule has 0 saturated heterocycles. The number of nitrogens with zero attached hydrogens (tertiary/aromatic N) is 1. The highest BCUT2D eigenvalue weighted by Gasteiger charge is 2.31. The molecule has 0 amide bonds. The summed E-state index contributed by atoms with van der Waals surface area (Å²) >= 11 is 1.59. The Morgan fingerprint density at radius 1 is 1.17 bits per heavy atom. The van der Waals surface area contributed by atoms with Crippen LogP contribution in [0.2, 0.25) is 0 Å². The standard InChI is InChI=1S/C15H16F3N3OS/c1-19-14(20-8-11-6-7-23-10-11)21-9-12-4-2-3-5-13(12)22-15(16,17)18/h2-7,10H,8-9H2,1H3,(H2,19,20,21). The molecular weight excluding hydrogens is 327 g/mol. The van der Waals surface area contributed by atoms with Gasteiger partial charge in [0, 0.05) is 25.7 Å². The normalized spacial score (nSPS) is 12.1. The zero-order valence-electron chi connectivity index (χ0n) is 12.4. The average molecular weight is 343 g/mol. The van der Waals surface area contributed by atoms with Gasteiger partial charge in [-0.2, -0.15) is 11.3 Å². The minimum Gasteiger partial charge on any atom is -0.405 e. The van der Waals surface area contributed by atoms with E-state index in [1.807, 2.05) is 16.8 Å². The van der Waals surface area contributed by atoms with Gasteiger partial charge in [-0.15, -0.1) is 13.2 Å².